The van der Waals surface area contributed by atoms with Gasteiger partial charge in [-0.3, -0.25) is 14.2 Å². The molecular formula is C23H25N3O2S2. The molecule has 0 saturated heterocycles. The van der Waals surface area contributed by atoms with E-state index in [1.54, 1.807) is 10.6 Å². The van der Waals surface area contributed by atoms with Crippen LogP contribution in [0, 0.1) is 13.8 Å². The Bertz CT molecular complexity index is 1210. The van der Waals surface area contributed by atoms with Gasteiger partial charge in [-0.15, -0.1) is 17.9 Å². The monoisotopic (exact) mass is 439 g/mol. The number of hydrogen-bond acceptors (Lipinski definition) is 5. The average molecular weight is 440 g/mol. The lowest BCUT2D eigenvalue weighted by molar-refractivity contribution is -0.118. The molecule has 30 heavy (non-hydrogen) atoms. The maximum atomic E-state index is 13.4. The standard InChI is InChI=1S/C23H25N3O2S2/c1-6-11-25-22(28)19-14(3)15(4)29-20(19)24-23(25)30-16(5)21(27)26-13(2)12-17-9-7-8-10-18(17)26/h6-10,13,16H,1,11-12H2,2-5H3. The summed E-state index contributed by atoms with van der Waals surface area (Å²) in [4.78, 5) is 35.0. The SMILES string of the molecule is C=CCn1c(SC(C)C(=O)N2c3ccccc3CC2C)nc2sc(C)c(C)c2c1=O. The van der Waals surface area contributed by atoms with E-state index in [1.165, 1.54) is 28.7 Å². The molecule has 3 aromatic rings. The van der Waals surface area contributed by atoms with Crippen molar-refractivity contribution in [3.63, 3.8) is 0 Å². The number of thiophene rings is 1. The molecule has 0 N–H and O–H groups in total. The number of carbonyl (C=O) groups is 1. The van der Waals surface area contributed by atoms with E-state index in [9.17, 15) is 9.59 Å². The summed E-state index contributed by atoms with van der Waals surface area (Å²) in [5.41, 5.74) is 3.10. The fourth-order valence-electron chi connectivity index (χ4n) is 3.99. The van der Waals surface area contributed by atoms with Crippen LogP contribution in [-0.4, -0.2) is 26.8 Å². The zero-order valence-electron chi connectivity index (χ0n) is 17.6. The number of fused-ring (bicyclic) bond motifs is 2. The second kappa shape index (κ2) is 8.04. The van der Waals surface area contributed by atoms with Gasteiger partial charge in [0.15, 0.2) is 5.16 Å². The van der Waals surface area contributed by atoms with Crippen molar-refractivity contribution in [3.05, 3.63) is 63.3 Å². The Morgan fingerprint density at radius 1 is 1.40 bits per heavy atom. The maximum Gasteiger partial charge on any atom is 0.263 e. The minimum Gasteiger partial charge on any atom is -0.308 e. The fourth-order valence-corrected chi connectivity index (χ4v) is 6.03. The van der Waals surface area contributed by atoms with Crippen LogP contribution in [0.5, 0.6) is 0 Å². The van der Waals surface area contributed by atoms with Crippen molar-refractivity contribution in [1.82, 2.24) is 9.55 Å². The van der Waals surface area contributed by atoms with Crippen molar-refractivity contribution < 1.29 is 4.79 Å². The van der Waals surface area contributed by atoms with Crippen molar-refractivity contribution >= 4 is 44.9 Å². The van der Waals surface area contributed by atoms with Crippen molar-refractivity contribution in [2.45, 2.75) is 57.1 Å². The lowest BCUT2D eigenvalue weighted by Gasteiger charge is -2.26. The van der Waals surface area contributed by atoms with Crippen molar-refractivity contribution in [3.8, 4) is 0 Å². The summed E-state index contributed by atoms with van der Waals surface area (Å²) in [6, 6.07) is 8.17. The summed E-state index contributed by atoms with van der Waals surface area (Å²) >= 11 is 2.87. The summed E-state index contributed by atoms with van der Waals surface area (Å²) in [5, 5.41) is 0.862. The Labute approximate surface area is 184 Å². The minimum atomic E-state index is -0.374. The van der Waals surface area contributed by atoms with Gasteiger partial charge in [-0.25, -0.2) is 4.98 Å². The number of thioether (sulfide) groups is 1. The molecule has 156 valence electrons. The van der Waals surface area contributed by atoms with Crippen molar-refractivity contribution in [2.75, 3.05) is 4.90 Å². The van der Waals surface area contributed by atoms with Crippen molar-refractivity contribution in [1.29, 1.82) is 0 Å². The van der Waals surface area contributed by atoms with Gasteiger partial charge in [0.25, 0.3) is 5.56 Å². The van der Waals surface area contributed by atoms with Crippen LogP contribution >= 0.6 is 23.1 Å². The Kier molecular flexibility index (Phi) is 5.59. The Morgan fingerprint density at radius 2 is 2.13 bits per heavy atom. The quantitative estimate of drug-likeness (QED) is 0.328. The third-order valence-electron chi connectivity index (χ3n) is 5.64. The summed E-state index contributed by atoms with van der Waals surface area (Å²) in [6.45, 7) is 12.1. The first-order valence-electron chi connectivity index (χ1n) is 10.0. The Hall–Kier alpha value is -2.38. The molecule has 1 aliphatic rings. The molecule has 2 atom stereocenters. The highest BCUT2D eigenvalue weighted by atomic mass is 32.2. The molecule has 0 fully saturated rings. The second-order valence-corrected chi connectivity index (χ2v) is 10.2. The molecule has 0 radical (unpaired) electrons. The molecule has 0 saturated carbocycles. The van der Waals surface area contributed by atoms with E-state index in [-0.39, 0.29) is 22.8 Å². The van der Waals surface area contributed by atoms with Crippen LogP contribution in [0.3, 0.4) is 0 Å². The number of rotatable bonds is 5. The normalized spacial score (nSPS) is 16.7. The van der Waals surface area contributed by atoms with E-state index in [2.05, 4.69) is 19.6 Å². The number of benzene rings is 1. The molecule has 7 heteroatoms. The Balaban J connectivity index is 1.70. The van der Waals surface area contributed by atoms with E-state index in [4.69, 9.17) is 4.98 Å². The molecule has 1 aliphatic heterocycles. The first-order valence-corrected chi connectivity index (χ1v) is 11.7. The molecule has 0 aliphatic carbocycles. The van der Waals surface area contributed by atoms with Crippen LogP contribution in [0.15, 0.2) is 46.9 Å². The van der Waals surface area contributed by atoms with Crippen LogP contribution in [0.1, 0.15) is 29.9 Å². The van der Waals surface area contributed by atoms with Crippen molar-refractivity contribution in [2.24, 2.45) is 0 Å². The zero-order chi connectivity index (χ0) is 21.6. The predicted molar refractivity (Wildman–Crippen MR) is 126 cm³/mol. The molecule has 0 bridgehead atoms. The predicted octanol–water partition coefficient (Wildman–Crippen LogP) is 4.72. The van der Waals surface area contributed by atoms with E-state index in [0.29, 0.717) is 17.1 Å². The van der Waals surface area contributed by atoms with Gasteiger partial charge in [0, 0.05) is 23.2 Å². The van der Waals surface area contributed by atoms with Gasteiger partial charge in [0.2, 0.25) is 5.91 Å². The minimum absolute atomic E-state index is 0.0375. The molecule has 4 rings (SSSR count). The topological polar surface area (TPSA) is 55.2 Å². The molecule has 1 aromatic carbocycles. The highest BCUT2D eigenvalue weighted by Gasteiger charge is 2.34. The smallest absolute Gasteiger partial charge is 0.263 e. The molecule has 5 nitrogen and oxygen atoms in total. The van der Waals surface area contributed by atoms with Gasteiger partial charge < -0.3 is 4.90 Å². The number of anilines is 1. The van der Waals surface area contributed by atoms with Crippen LogP contribution in [0.25, 0.3) is 10.2 Å². The molecule has 2 unspecified atom stereocenters. The highest BCUT2D eigenvalue weighted by molar-refractivity contribution is 8.00. The summed E-state index contributed by atoms with van der Waals surface area (Å²) in [7, 11) is 0. The molecular weight excluding hydrogens is 414 g/mol. The largest absolute Gasteiger partial charge is 0.308 e. The third-order valence-corrected chi connectivity index (χ3v) is 7.82. The van der Waals surface area contributed by atoms with E-state index >= 15 is 0 Å². The van der Waals surface area contributed by atoms with Crippen LogP contribution < -0.4 is 10.5 Å². The lowest BCUT2D eigenvalue weighted by atomic mass is 10.1. The lowest BCUT2D eigenvalue weighted by Crippen LogP contribution is -2.40. The second-order valence-electron chi connectivity index (χ2n) is 7.71. The van der Waals surface area contributed by atoms with Gasteiger partial charge in [0.05, 0.1) is 10.6 Å². The first kappa shape index (κ1) is 20.9. The molecule has 0 spiro atoms. The summed E-state index contributed by atoms with van der Waals surface area (Å²) < 4.78 is 1.63. The number of aryl methyl sites for hydroxylation is 2. The highest BCUT2D eigenvalue weighted by Crippen LogP contribution is 2.35. The number of amides is 1. The number of hydrogen-bond donors (Lipinski definition) is 0. The number of carbonyl (C=O) groups excluding carboxylic acids is 1. The van der Waals surface area contributed by atoms with E-state index in [0.717, 1.165) is 27.4 Å². The summed E-state index contributed by atoms with van der Waals surface area (Å²) in [5.74, 6) is 0.0375. The number of allylic oxidation sites excluding steroid dienone is 1. The van der Waals surface area contributed by atoms with Gasteiger partial charge in [-0.1, -0.05) is 36.0 Å². The molecule has 3 heterocycles. The maximum absolute atomic E-state index is 13.4. The molecule has 2 aromatic heterocycles. The Morgan fingerprint density at radius 3 is 2.87 bits per heavy atom. The van der Waals surface area contributed by atoms with E-state index in [1.807, 2.05) is 43.9 Å². The molecule has 1 amide bonds. The van der Waals surface area contributed by atoms with Gasteiger partial charge >= 0.3 is 0 Å². The zero-order valence-corrected chi connectivity index (χ0v) is 19.3. The number of nitrogens with zero attached hydrogens (tertiary/aromatic N) is 3. The van der Waals surface area contributed by atoms with E-state index < -0.39 is 0 Å². The van der Waals surface area contributed by atoms with Crippen LogP contribution in [0.4, 0.5) is 5.69 Å². The number of aromatic nitrogens is 2. The van der Waals surface area contributed by atoms with Crippen LogP contribution in [-0.2, 0) is 17.8 Å². The average Bonchev–Trinajstić information content (AvgIpc) is 3.19. The van der Waals surface area contributed by atoms with Gasteiger partial charge in [-0.05, 0) is 51.3 Å². The third kappa shape index (κ3) is 3.40. The first-order chi connectivity index (χ1) is 14.3. The van der Waals surface area contributed by atoms with Gasteiger partial charge in [0.1, 0.15) is 4.83 Å². The van der Waals surface area contributed by atoms with Gasteiger partial charge in [-0.2, -0.15) is 0 Å². The van der Waals surface area contributed by atoms with Crippen LogP contribution in [0.2, 0.25) is 0 Å². The fraction of sp³-hybridized carbons (Fsp3) is 0.348. The summed E-state index contributed by atoms with van der Waals surface area (Å²) in [6.07, 6.45) is 2.55. The number of para-hydroxylation sites is 1.